The van der Waals surface area contributed by atoms with Gasteiger partial charge in [0, 0.05) is 7.11 Å². The molecule has 6 nitrogen and oxygen atoms in total. The highest BCUT2D eigenvalue weighted by molar-refractivity contribution is 6.36. The standard InChI is InChI=1S/C21H21FN2O4/c1-3-28-17-7-5-4-6-16(17)23-19-18(14-8-10-15(22)11-9-14)20(25)24(21(19)26)12-13-27-2/h4-11,23H,3,12-13H2,1-2H3. The molecule has 2 aromatic rings. The number of halogens is 1. The Morgan fingerprint density at radius 1 is 1.04 bits per heavy atom. The van der Waals surface area contributed by atoms with Crippen molar-refractivity contribution >= 4 is 23.1 Å². The summed E-state index contributed by atoms with van der Waals surface area (Å²) in [6.07, 6.45) is 0. The topological polar surface area (TPSA) is 67.9 Å². The lowest BCUT2D eigenvalue weighted by Crippen LogP contribution is -2.35. The Morgan fingerprint density at radius 2 is 1.75 bits per heavy atom. The average Bonchev–Trinajstić information content (AvgIpc) is 2.92. The molecule has 0 bridgehead atoms. The number of nitrogens with one attached hydrogen (secondary N) is 1. The largest absolute Gasteiger partial charge is 0.492 e. The van der Waals surface area contributed by atoms with Crippen LogP contribution in [0, 0.1) is 5.82 Å². The van der Waals surface area contributed by atoms with Crippen molar-refractivity contribution in [1.82, 2.24) is 4.90 Å². The molecule has 0 aliphatic carbocycles. The molecule has 0 aromatic heterocycles. The van der Waals surface area contributed by atoms with Crippen molar-refractivity contribution in [3.63, 3.8) is 0 Å². The van der Waals surface area contributed by atoms with Crippen molar-refractivity contribution in [2.45, 2.75) is 6.92 Å². The lowest BCUT2D eigenvalue weighted by atomic mass is 10.0. The third kappa shape index (κ3) is 3.89. The lowest BCUT2D eigenvalue weighted by Gasteiger charge is -2.15. The van der Waals surface area contributed by atoms with Crippen LogP contribution in [0.15, 0.2) is 54.2 Å². The first-order chi connectivity index (χ1) is 13.6. The summed E-state index contributed by atoms with van der Waals surface area (Å²) in [5, 5.41) is 3.05. The summed E-state index contributed by atoms with van der Waals surface area (Å²) in [5.41, 5.74) is 1.33. The summed E-state index contributed by atoms with van der Waals surface area (Å²) in [5.74, 6) is -0.780. The molecule has 1 heterocycles. The van der Waals surface area contributed by atoms with Crippen molar-refractivity contribution in [3.05, 3.63) is 65.6 Å². The van der Waals surface area contributed by atoms with Crippen LogP contribution >= 0.6 is 0 Å². The van der Waals surface area contributed by atoms with Gasteiger partial charge in [0.05, 0.1) is 31.0 Å². The van der Waals surface area contributed by atoms with E-state index in [1.54, 1.807) is 18.2 Å². The van der Waals surface area contributed by atoms with Gasteiger partial charge in [0.15, 0.2) is 0 Å². The Hall–Kier alpha value is -3.19. The number of nitrogens with zero attached hydrogens (tertiary/aromatic N) is 1. The predicted octanol–water partition coefficient (Wildman–Crippen LogP) is 3.06. The van der Waals surface area contributed by atoms with Crippen LogP contribution in [0.25, 0.3) is 5.57 Å². The van der Waals surface area contributed by atoms with E-state index in [0.717, 1.165) is 4.90 Å². The van der Waals surface area contributed by atoms with Crippen LogP contribution < -0.4 is 10.1 Å². The number of carbonyl (C=O) groups is 2. The Kier molecular flexibility index (Phi) is 6.06. The van der Waals surface area contributed by atoms with Crippen LogP contribution in [0.2, 0.25) is 0 Å². The summed E-state index contributed by atoms with van der Waals surface area (Å²) >= 11 is 0. The molecule has 2 amide bonds. The second-order valence-corrected chi connectivity index (χ2v) is 6.07. The number of rotatable bonds is 8. The molecule has 146 valence electrons. The number of para-hydroxylation sites is 2. The van der Waals surface area contributed by atoms with E-state index in [9.17, 15) is 14.0 Å². The molecule has 1 aliphatic rings. The number of benzene rings is 2. The number of amides is 2. The second kappa shape index (κ2) is 8.67. The van der Waals surface area contributed by atoms with E-state index in [4.69, 9.17) is 9.47 Å². The molecule has 0 atom stereocenters. The van der Waals surface area contributed by atoms with Gasteiger partial charge in [0.1, 0.15) is 17.3 Å². The predicted molar refractivity (Wildman–Crippen MR) is 103 cm³/mol. The van der Waals surface area contributed by atoms with Gasteiger partial charge >= 0.3 is 0 Å². The van der Waals surface area contributed by atoms with Crippen LogP contribution in [0.4, 0.5) is 10.1 Å². The van der Waals surface area contributed by atoms with Crippen molar-refractivity contribution in [3.8, 4) is 5.75 Å². The zero-order valence-corrected chi connectivity index (χ0v) is 15.7. The molecule has 0 spiro atoms. The maximum absolute atomic E-state index is 13.3. The van der Waals surface area contributed by atoms with Crippen molar-refractivity contribution in [1.29, 1.82) is 0 Å². The first-order valence-electron chi connectivity index (χ1n) is 8.91. The molecular formula is C21H21FN2O4. The number of hydrogen-bond acceptors (Lipinski definition) is 5. The fourth-order valence-electron chi connectivity index (χ4n) is 2.95. The number of carbonyl (C=O) groups excluding carboxylic acids is 2. The van der Waals surface area contributed by atoms with Crippen LogP contribution in [0.1, 0.15) is 12.5 Å². The van der Waals surface area contributed by atoms with Gasteiger partial charge in [-0.25, -0.2) is 4.39 Å². The highest BCUT2D eigenvalue weighted by Crippen LogP contribution is 2.33. The zero-order chi connectivity index (χ0) is 20.1. The average molecular weight is 384 g/mol. The summed E-state index contributed by atoms with van der Waals surface area (Å²) in [7, 11) is 1.50. The molecule has 0 saturated carbocycles. The van der Waals surface area contributed by atoms with Crippen LogP contribution in [0.5, 0.6) is 5.75 Å². The quantitative estimate of drug-likeness (QED) is 0.709. The van der Waals surface area contributed by atoms with E-state index >= 15 is 0 Å². The summed E-state index contributed by atoms with van der Waals surface area (Å²) < 4.78 is 23.9. The van der Waals surface area contributed by atoms with E-state index in [-0.39, 0.29) is 24.4 Å². The molecule has 0 saturated heterocycles. The minimum Gasteiger partial charge on any atom is -0.492 e. The number of ether oxygens (including phenoxy) is 2. The summed E-state index contributed by atoms with van der Waals surface area (Å²) in [6.45, 7) is 2.65. The highest BCUT2D eigenvalue weighted by Gasteiger charge is 2.39. The van der Waals surface area contributed by atoms with Gasteiger partial charge in [0.2, 0.25) is 0 Å². The van der Waals surface area contributed by atoms with Crippen molar-refractivity contribution in [2.75, 3.05) is 32.2 Å². The van der Waals surface area contributed by atoms with Crippen LogP contribution in [-0.2, 0) is 14.3 Å². The molecule has 1 N–H and O–H groups in total. The summed E-state index contributed by atoms with van der Waals surface area (Å²) in [4.78, 5) is 27.0. The highest BCUT2D eigenvalue weighted by atomic mass is 19.1. The van der Waals surface area contributed by atoms with Gasteiger partial charge in [-0.3, -0.25) is 14.5 Å². The third-order valence-corrected chi connectivity index (χ3v) is 4.27. The Bertz CT molecular complexity index is 909. The Morgan fingerprint density at radius 3 is 2.43 bits per heavy atom. The molecule has 2 aromatic carbocycles. The molecule has 0 radical (unpaired) electrons. The molecule has 0 fully saturated rings. The van der Waals surface area contributed by atoms with E-state index in [1.807, 2.05) is 13.0 Å². The van der Waals surface area contributed by atoms with Gasteiger partial charge < -0.3 is 14.8 Å². The fraction of sp³-hybridized carbons (Fsp3) is 0.238. The van der Waals surface area contributed by atoms with Crippen molar-refractivity contribution < 1.29 is 23.5 Å². The SMILES string of the molecule is CCOc1ccccc1NC1=C(c2ccc(F)cc2)C(=O)N(CCOC)C1=O. The zero-order valence-electron chi connectivity index (χ0n) is 15.7. The molecule has 0 unspecified atom stereocenters. The Balaban J connectivity index is 2.04. The second-order valence-electron chi connectivity index (χ2n) is 6.07. The molecule has 1 aliphatic heterocycles. The number of methoxy groups -OCH3 is 1. The Labute approximate surface area is 162 Å². The van der Waals surface area contributed by atoms with E-state index in [2.05, 4.69) is 5.32 Å². The molecule has 7 heteroatoms. The molecule has 3 rings (SSSR count). The monoisotopic (exact) mass is 384 g/mol. The van der Waals surface area contributed by atoms with E-state index in [0.29, 0.717) is 23.6 Å². The minimum absolute atomic E-state index is 0.122. The molecular weight excluding hydrogens is 363 g/mol. The maximum Gasteiger partial charge on any atom is 0.278 e. The van der Waals surface area contributed by atoms with Gasteiger partial charge in [0.25, 0.3) is 11.8 Å². The maximum atomic E-state index is 13.3. The van der Waals surface area contributed by atoms with Gasteiger partial charge in [-0.15, -0.1) is 0 Å². The van der Waals surface area contributed by atoms with Gasteiger partial charge in [-0.2, -0.15) is 0 Å². The number of imide groups is 1. The van der Waals surface area contributed by atoms with E-state index in [1.165, 1.54) is 31.4 Å². The minimum atomic E-state index is -0.465. The first-order valence-corrected chi connectivity index (χ1v) is 8.91. The third-order valence-electron chi connectivity index (χ3n) is 4.27. The van der Waals surface area contributed by atoms with Crippen molar-refractivity contribution in [2.24, 2.45) is 0 Å². The fourth-order valence-corrected chi connectivity index (χ4v) is 2.95. The van der Waals surface area contributed by atoms with Crippen LogP contribution in [0.3, 0.4) is 0 Å². The van der Waals surface area contributed by atoms with E-state index < -0.39 is 17.6 Å². The van der Waals surface area contributed by atoms with Crippen LogP contribution in [-0.4, -0.2) is 43.6 Å². The molecule has 28 heavy (non-hydrogen) atoms. The smallest absolute Gasteiger partial charge is 0.278 e. The number of anilines is 1. The van der Waals surface area contributed by atoms with Gasteiger partial charge in [-0.05, 0) is 36.8 Å². The normalized spacial score (nSPS) is 14.0. The number of hydrogen-bond donors (Lipinski definition) is 1. The first kappa shape index (κ1) is 19.6. The summed E-state index contributed by atoms with van der Waals surface area (Å²) in [6, 6.07) is 12.6. The van der Waals surface area contributed by atoms with Gasteiger partial charge in [-0.1, -0.05) is 24.3 Å². The lowest BCUT2D eigenvalue weighted by molar-refractivity contribution is -0.137.